The van der Waals surface area contributed by atoms with Gasteiger partial charge in [-0.15, -0.1) is 11.3 Å². The summed E-state index contributed by atoms with van der Waals surface area (Å²) in [4.78, 5) is 15.3. The number of furan rings is 1. The number of hydrogen-bond acceptors (Lipinski definition) is 5. The minimum absolute atomic E-state index is 0.0723. The van der Waals surface area contributed by atoms with E-state index in [1.54, 1.807) is 11.3 Å². The summed E-state index contributed by atoms with van der Waals surface area (Å²) in [6.45, 7) is 4.68. The number of rotatable bonds is 5. The Bertz CT molecular complexity index is 3490. The molecule has 1 aliphatic rings. The highest BCUT2D eigenvalue weighted by Gasteiger charge is 2.35. The molecule has 3 aromatic heterocycles. The first kappa shape index (κ1) is 33.9. The number of para-hydroxylation sites is 1. The third-order valence-corrected chi connectivity index (χ3v) is 13.3. The SMILES string of the molecule is CC1(C)c2ccccc2-c2ccc(-c3ccccc3-c3ccc4oc5c(-c6nc(-c7ccccc7)nc(-c7ccc8c(c7)sc7ccccc78)n6)cccc5c4c3)cc21. The van der Waals surface area contributed by atoms with E-state index in [1.807, 2.05) is 30.3 Å². The average Bonchev–Trinajstić information content (AvgIpc) is 3.93. The van der Waals surface area contributed by atoms with E-state index in [2.05, 4.69) is 159 Å². The second kappa shape index (κ2) is 12.9. The van der Waals surface area contributed by atoms with Crippen LogP contribution in [0.2, 0.25) is 0 Å². The Morgan fingerprint density at radius 2 is 1.00 bits per heavy atom. The lowest BCUT2D eigenvalue weighted by Gasteiger charge is -2.22. The average molecular weight is 774 g/mol. The zero-order valence-electron chi connectivity index (χ0n) is 32.4. The molecule has 0 amide bonds. The van der Waals surface area contributed by atoms with E-state index >= 15 is 0 Å². The second-order valence-corrected chi connectivity index (χ2v) is 17.0. The summed E-state index contributed by atoms with van der Waals surface area (Å²) in [5.41, 5.74) is 14.3. The van der Waals surface area contributed by atoms with Crippen molar-refractivity contribution in [3.63, 3.8) is 0 Å². The monoisotopic (exact) mass is 773 g/mol. The van der Waals surface area contributed by atoms with Crippen LogP contribution < -0.4 is 0 Å². The predicted octanol–water partition coefficient (Wildman–Crippen LogP) is 14.8. The Balaban J connectivity index is 0.981. The first-order valence-electron chi connectivity index (χ1n) is 20.0. The Hall–Kier alpha value is -7.21. The zero-order valence-corrected chi connectivity index (χ0v) is 33.2. The first-order chi connectivity index (χ1) is 29.0. The maximum absolute atomic E-state index is 6.73. The Morgan fingerprint density at radius 3 is 1.85 bits per heavy atom. The smallest absolute Gasteiger partial charge is 0.167 e. The molecule has 0 spiro atoms. The van der Waals surface area contributed by atoms with Crippen LogP contribution >= 0.6 is 11.3 Å². The van der Waals surface area contributed by atoms with Gasteiger partial charge in [0.2, 0.25) is 0 Å². The fraction of sp³-hybridized carbons (Fsp3) is 0.0556. The Morgan fingerprint density at radius 1 is 0.390 bits per heavy atom. The molecule has 12 rings (SSSR count). The van der Waals surface area contributed by atoms with Crippen LogP contribution in [-0.4, -0.2) is 15.0 Å². The van der Waals surface area contributed by atoms with E-state index < -0.39 is 0 Å². The van der Waals surface area contributed by atoms with Crippen LogP contribution in [0.15, 0.2) is 180 Å². The fourth-order valence-corrected chi connectivity index (χ4v) is 10.4. The Kier molecular flexibility index (Phi) is 7.41. The topological polar surface area (TPSA) is 51.8 Å². The van der Waals surface area contributed by atoms with Crippen molar-refractivity contribution in [3.8, 4) is 67.5 Å². The number of fused-ring (bicyclic) bond motifs is 9. The minimum Gasteiger partial charge on any atom is -0.455 e. The van der Waals surface area contributed by atoms with Crippen LogP contribution in [0.1, 0.15) is 25.0 Å². The summed E-state index contributed by atoms with van der Waals surface area (Å²) in [7, 11) is 0. The van der Waals surface area contributed by atoms with Gasteiger partial charge in [-0.2, -0.15) is 0 Å². The van der Waals surface area contributed by atoms with Crippen molar-refractivity contribution in [2.24, 2.45) is 0 Å². The van der Waals surface area contributed by atoms with Crippen LogP contribution in [0.25, 0.3) is 110 Å². The molecule has 0 N–H and O–H groups in total. The Labute approximate surface area is 345 Å². The maximum Gasteiger partial charge on any atom is 0.167 e. The van der Waals surface area contributed by atoms with Gasteiger partial charge < -0.3 is 4.42 Å². The lowest BCUT2D eigenvalue weighted by atomic mass is 9.81. The quantitative estimate of drug-likeness (QED) is 0.175. The van der Waals surface area contributed by atoms with Gasteiger partial charge in [0.1, 0.15) is 11.2 Å². The van der Waals surface area contributed by atoms with Gasteiger partial charge in [0.15, 0.2) is 17.5 Å². The fourth-order valence-electron chi connectivity index (χ4n) is 9.21. The van der Waals surface area contributed by atoms with E-state index in [-0.39, 0.29) is 5.41 Å². The molecule has 11 aromatic rings. The van der Waals surface area contributed by atoms with Gasteiger partial charge in [0.05, 0.1) is 5.56 Å². The van der Waals surface area contributed by atoms with Crippen LogP contribution in [0.4, 0.5) is 0 Å². The molecular formula is C54H35N3OS. The highest BCUT2D eigenvalue weighted by Crippen LogP contribution is 2.50. The summed E-state index contributed by atoms with van der Waals surface area (Å²) in [5.74, 6) is 1.81. The number of thiophene rings is 1. The van der Waals surface area contributed by atoms with Crippen molar-refractivity contribution in [2.75, 3.05) is 0 Å². The highest BCUT2D eigenvalue weighted by molar-refractivity contribution is 7.25. The predicted molar refractivity (Wildman–Crippen MR) is 245 cm³/mol. The van der Waals surface area contributed by atoms with Crippen LogP contribution in [0.5, 0.6) is 0 Å². The first-order valence-corrected chi connectivity index (χ1v) is 20.8. The van der Waals surface area contributed by atoms with Crippen LogP contribution in [0, 0.1) is 0 Å². The molecule has 5 heteroatoms. The molecule has 1 aliphatic carbocycles. The molecule has 0 radical (unpaired) electrons. The second-order valence-electron chi connectivity index (χ2n) is 16.0. The standard InChI is InChI=1S/C54H35N3OS/c1-54(2)45-21-10-8-17-38(45)39-26-23-34(30-46(39)54)37-16-7-6-15-36(37)33-25-28-47-44(29-33)42-19-12-20-43(50(42)58-47)53-56-51(32-13-4-3-5-14-32)55-52(57-53)35-24-27-41-40-18-9-11-22-48(40)59-49(41)31-35/h3-31H,1-2H3. The summed E-state index contributed by atoms with van der Waals surface area (Å²) in [6, 6.07) is 62.5. The van der Waals surface area contributed by atoms with Crippen molar-refractivity contribution in [1.29, 1.82) is 0 Å². The normalized spacial score (nSPS) is 13.1. The van der Waals surface area contributed by atoms with E-state index in [4.69, 9.17) is 19.4 Å². The third kappa shape index (κ3) is 5.32. The molecule has 4 nitrogen and oxygen atoms in total. The van der Waals surface area contributed by atoms with Crippen molar-refractivity contribution in [1.82, 2.24) is 15.0 Å². The lowest BCUT2D eigenvalue weighted by molar-refractivity contribution is 0.660. The van der Waals surface area contributed by atoms with Crippen LogP contribution in [0.3, 0.4) is 0 Å². The van der Waals surface area contributed by atoms with E-state index in [9.17, 15) is 0 Å². The van der Waals surface area contributed by atoms with Gasteiger partial charge in [-0.05, 0) is 80.9 Å². The summed E-state index contributed by atoms with van der Waals surface area (Å²) < 4.78 is 9.20. The maximum atomic E-state index is 6.73. The molecule has 0 atom stereocenters. The lowest BCUT2D eigenvalue weighted by Crippen LogP contribution is -2.14. The van der Waals surface area contributed by atoms with E-state index in [0.717, 1.165) is 44.2 Å². The van der Waals surface area contributed by atoms with E-state index in [1.165, 1.54) is 59.1 Å². The van der Waals surface area contributed by atoms with Gasteiger partial charge in [-0.1, -0.05) is 153 Å². The van der Waals surface area contributed by atoms with Crippen molar-refractivity contribution in [2.45, 2.75) is 19.3 Å². The van der Waals surface area contributed by atoms with Gasteiger partial charge in [0.25, 0.3) is 0 Å². The summed E-state index contributed by atoms with van der Waals surface area (Å²) in [5, 5.41) is 4.57. The van der Waals surface area contributed by atoms with Crippen molar-refractivity contribution in [3.05, 3.63) is 187 Å². The van der Waals surface area contributed by atoms with Gasteiger partial charge in [-0.3, -0.25) is 0 Å². The molecule has 59 heavy (non-hydrogen) atoms. The molecule has 0 aliphatic heterocycles. The van der Waals surface area contributed by atoms with Gasteiger partial charge in [-0.25, -0.2) is 15.0 Å². The molecule has 8 aromatic carbocycles. The highest BCUT2D eigenvalue weighted by atomic mass is 32.1. The molecule has 278 valence electrons. The molecule has 0 saturated heterocycles. The molecule has 0 fully saturated rings. The number of nitrogens with zero attached hydrogens (tertiary/aromatic N) is 3. The van der Waals surface area contributed by atoms with Gasteiger partial charge in [0, 0.05) is 47.5 Å². The largest absolute Gasteiger partial charge is 0.455 e. The van der Waals surface area contributed by atoms with Crippen LogP contribution in [-0.2, 0) is 5.41 Å². The minimum atomic E-state index is -0.0723. The van der Waals surface area contributed by atoms with Gasteiger partial charge >= 0.3 is 0 Å². The van der Waals surface area contributed by atoms with E-state index in [0.29, 0.717) is 17.5 Å². The third-order valence-electron chi connectivity index (χ3n) is 12.2. The van der Waals surface area contributed by atoms with Crippen molar-refractivity contribution < 1.29 is 4.42 Å². The number of benzene rings is 8. The molecular weight excluding hydrogens is 739 g/mol. The summed E-state index contributed by atoms with van der Waals surface area (Å²) >= 11 is 1.79. The molecule has 3 heterocycles. The number of aromatic nitrogens is 3. The molecule has 0 saturated carbocycles. The zero-order chi connectivity index (χ0) is 39.2. The number of hydrogen-bond donors (Lipinski definition) is 0. The summed E-state index contributed by atoms with van der Waals surface area (Å²) in [6.07, 6.45) is 0. The molecule has 0 unspecified atom stereocenters. The molecule has 0 bridgehead atoms. The van der Waals surface area contributed by atoms with Crippen molar-refractivity contribution >= 4 is 53.4 Å².